The summed E-state index contributed by atoms with van der Waals surface area (Å²) in [6.07, 6.45) is 1.76. The van der Waals surface area contributed by atoms with Gasteiger partial charge in [-0.3, -0.25) is 4.79 Å². The fourth-order valence-electron chi connectivity index (χ4n) is 1.58. The van der Waals surface area contributed by atoms with E-state index in [9.17, 15) is 4.79 Å². The molecule has 0 aliphatic rings. The van der Waals surface area contributed by atoms with Crippen molar-refractivity contribution in [3.63, 3.8) is 0 Å². The lowest BCUT2D eigenvalue weighted by Crippen LogP contribution is -2.30. The number of ether oxygens (including phenoxy) is 1. The maximum atomic E-state index is 11.6. The molecular weight excluding hydrogens is 164 g/mol. The van der Waals surface area contributed by atoms with E-state index in [0.29, 0.717) is 12.5 Å². The van der Waals surface area contributed by atoms with Crippen molar-refractivity contribution < 1.29 is 9.53 Å². The predicted molar refractivity (Wildman–Crippen MR) is 54.5 cm³/mol. The molecule has 0 aromatic carbocycles. The lowest BCUT2D eigenvalue weighted by atomic mass is 9.80. The van der Waals surface area contributed by atoms with E-state index in [-0.39, 0.29) is 11.4 Å². The van der Waals surface area contributed by atoms with E-state index in [4.69, 9.17) is 4.74 Å². The Hall–Kier alpha value is -0.530. The molecule has 13 heavy (non-hydrogen) atoms. The highest BCUT2D eigenvalue weighted by molar-refractivity contribution is 5.76. The Labute approximate surface area is 81.7 Å². The maximum Gasteiger partial charge on any atom is 0.311 e. The lowest BCUT2D eigenvalue weighted by Gasteiger charge is -2.27. The van der Waals surface area contributed by atoms with Crippen molar-refractivity contribution in [3.8, 4) is 0 Å². The van der Waals surface area contributed by atoms with Crippen LogP contribution >= 0.6 is 0 Å². The predicted octanol–water partition coefficient (Wildman–Crippen LogP) is 3.01. The van der Waals surface area contributed by atoms with Crippen molar-refractivity contribution in [2.24, 2.45) is 11.3 Å². The Morgan fingerprint density at radius 1 is 1.38 bits per heavy atom. The Kier molecular flexibility index (Phi) is 5.04. The normalized spacial score (nSPS) is 15.5. The van der Waals surface area contributed by atoms with Crippen LogP contribution in [0.25, 0.3) is 0 Å². The molecule has 2 nitrogen and oxygen atoms in total. The monoisotopic (exact) mass is 186 g/mol. The molecule has 1 unspecified atom stereocenters. The van der Waals surface area contributed by atoms with E-state index >= 15 is 0 Å². The molecule has 0 heterocycles. The molecule has 0 saturated carbocycles. The third kappa shape index (κ3) is 3.79. The van der Waals surface area contributed by atoms with Crippen LogP contribution in [0.15, 0.2) is 0 Å². The van der Waals surface area contributed by atoms with Crippen LogP contribution in [0.1, 0.15) is 47.5 Å². The lowest BCUT2D eigenvalue weighted by molar-refractivity contribution is -0.155. The van der Waals surface area contributed by atoms with Crippen LogP contribution in [-0.2, 0) is 9.53 Å². The highest BCUT2D eigenvalue weighted by Gasteiger charge is 2.33. The van der Waals surface area contributed by atoms with Gasteiger partial charge in [0.25, 0.3) is 0 Å². The van der Waals surface area contributed by atoms with Crippen LogP contribution in [0.5, 0.6) is 0 Å². The first kappa shape index (κ1) is 12.5. The average Bonchev–Trinajstić information content (AvgIpc) is 2.03. The number of rotatable bonds is 5. The van der Waals surface area contributed by atoms with Crippen LogP contribution in [0, 0.1) is 11.3 Å². The van der Waals surface area contributed by atoms with E-state index in [2.05, 4.69) is 13.8 Å². The zero-order chi connectivity index (χ0) is 10.5. The summed E-state index contributed by atoms with van der Waals surface area (Å²) in [6, 6.07) is 0. The molecule has 1 atom stereocenters. The SMILES string of the molecule is CCOC(=O)C(C)(CC)CC(C)C. The molecule has 0 N–H and O–H groups in total. The van der Waals surface area contributed by atoms with Gasteiger partial charge in [0.05, 0.1) is 12.0 Å². The van der Waals surface area contributed by atoms with Crippen molar-refractivity contribution in [1.82, 2.24) is 0 Å². The minimum Gasteiger partial charge on any atom is -0.466 e. The first-order valence-electron chi connectivity index (χ1n) is 5.13. The topological polar surface area (TPSA) is 26.3 Å². The molecule has 0 bridgehead atoms. The molecule has 0 amide bonds. The summed E-state index contributed by atoms with van der Waals surface area (Å²) in [5.74, 6) is 0.487. The van der Waals surface area contributed by atoms with Gasteiger partial charge in [-0.05, 0) is 32.6 Å². The van der Waals surface area contributed by atoms with Crippen molar-refractivity contribution in [2.75, 3.05) is 6.61 Å². The number of hydrogen-bond donors (Lipinski definition) is 0. The standard InChI is InChI=1S/C11H22O2/c1-6-11(5,8-9(3)4)10(12)13-7-2/h9H,6-8H2,1-5H3. The van der Waals surface area contributed by atoms with Crippen molar-refractivity contribution in [3.05, 3.63) is 0 Å². The fraction of sp³-hybridized carbons (Fsp3) is 0.909. The minimum atomic E-state index is -0.288. The van der Waals surface area contributed by atoms with Gasteiger partial charge in [-0.1, -0.05) is 20.8 Å². The molecule has 0 radical (unpaired) electrons. The van der Waals surface area contributed by atoms with Gasteiger partial charge in [0, 0.05) is 0 Å². The third-order valence-corrected chi connectivity index (χ3v) is 2.41. The highest BCUT2D eigenvalue weighted by Crippen LogP contribution is 2.31. The summed E-state index contributed by atoms with van der Waals surface area (Å²) in [5.41, 5.74) is -0.288. The van der Waals surface area contributed by atoms with Gasteiger partial charge in [-0.15, -0.1) is 0 Å². The largest absolute Gasteiger partial charge is 0.466 e. The number of esters is 1. The van der Waals surface area contributed by atoms with E-state index in [1.807, 2.05) is 20.8 Å². The van der Waals surface area contributed by atoms with E-state index < -0.39 is 0 Å². The van der Waals surface area contributed by atoms with Crippen molar-refractivity contribution in [2.45, 2.75) is 47.5 Å². The second kappa shape index (κ2) is 5.25. The van der Waals surface area contributed by atoms with Gasteiger partial charge in [0.15, 0.2) is 0 Å². The first-order valence-corrected chi connectivity index (χ1v) is 5.13. The van der Waals surface area contributed by atoms with Gasteiger partial charge in [0.2, 0.25) is 0 Å². The molecule has 0 aliphatic heterocycles. The number of carbonyl (C=O) groups is 1. The smallest absolute Gasteiger partial charge is 0.311 e. The number of carbonyl (C=O) groups excluding carboxylic acids is 1. The Balaban J connectivity index is 4.33. The van der Waals surface area contributed by atoms with Gasteiger partial charge in [-0.2, -0.15) is 0 Å². The Bertz CT molecular complexity index is 163. The van der Waals surface area contributed by atoms with E-state index in [0.717, 1.165) is 12.8 Å². The Morgan fingerprint density at radius 2 is 1.92 bits per heavy atom. The molecule has 0 saturated heterocycles. The zero-order valence-corrected chi connectivity index (χ0v) is 9.52. The van der Waals surface area contributed by atoms with E-state index in [1.54, 1.807) is 0 Å². The van der Waals surface area contributed by atoms with Crippen molar-refractivity contribution >= 4 is 5.97 Å². The van der Waals surface area contributed by atoms with Crippen LogP contribution in [0.2, 0.25) is 0 Å². The fourth-order valence-corrected chi connectivity index (χ4v) is 1.58. The quantitative estimate of drug-likeness (QED) is 0.617. The summed E-state index contributed by atoms with van der Waals surface area (Å²) < 4.78 is 5.06. The zero-order valence-electron chi connectivity index (χ0n) is 9.52. The summed E-state index contributed by atoms with van der Waals surface area (Å²) in [4.78, 5) is 11.6. The molecule has 0 rings (SSSR count). The summed E-state index contributed by atoms with van der Waals surface area (Å²) in [6.45, 7) is 10.6. The summed E-state index contributed by atoms with van der Waals surface area (Å²) >= 11 is 0. The van der Waals surface area contributed by atoms with Gasteiger partial charge in [-0.25, -0.2) is 0 Å². The highest BCUT2D eigenvalue weighted by atomic mass is 16.5. The number of hydrogen-bond acceptors (Lipinski definition) is 2. The second-order valence-corrected chi connectivity index (χ2v) is 4.23. The van der Waals surface area contributed by atoms with Gasteiger partial charge < -0.3 is 4.74 Å². The maximum absolute atomic E-state index is 11.6. The van der Waals surface area contributed by atoms with Crippen LogP contribution in [0.3, 0.4) is 0 Å². The van der Waals surface area contributed by atoms with Crippen LogP contribution in [-0.4, -0.2) is 12.6 Å². The molecule has 0 aromatic heterocycles. The molecule has 0 aliphatic carbocycles. The molecule has 78 valence electrons. The summed E-state index contributed by atoms with van der Waals surface area (Å²) in [7, 11) is 0. The van der Waals surface area contributed by atoms with E-state index in [1.165, 1.54) is 0 Å². The average molecular weight is 186 g/mol. The van der Waals surface area contributed by atoms with Gasteiger partial charge >= 0.3 is 5.97 Å². The second-order valence-electron chi connectivity index (χ2n) is 4.23. The van der Waals surface area contributed by atoms with Crippen LogP contribution in [0.4, 0.5) is 0 Å². The first-order chi connectivity index (χ1) is 5.96. The summed E-state index contributed by atoms with van der Waals surface area (Å²) in [5, 5.41) is 0. The molecule has 0 spiro atoms. The van der Waals surface area contributed by atoms with Crippen LogP contribution < -0.4 is 0 Å². The minimum absolute atomic E-state index is 0.0498. The Morgan fingerprint density at radius 3 is 2.23 bits per heavy atom. The molecule has 2 heteroatoms. The van der Waals surface area contributed by atoms with Gasteiger partial charge in [0.1, 0.15) is 0 Å². The van der Waals surface area contributed by atoms with Crippen molar-refractivity contribution in [1.29, 1.82) is 0 Å². The third-order valence-electron chi connectivity index (χ3n) is 2.41. The molecule has 0 fully saturated rings. The molecule has 0 aromatic rings. The molecular formula is C11H22O2.